The van der Waals surface area contributed by atoms with Gasteiger partial charge in [-0.05, 0) is 44.9 Å². The molecule has 1 amide bonds. The van der Waals surface area contributed by atoms with E-state index >= 15 is 0 Å². The second-order valence-electron chi connectivity index (χ2n) is 9.31. The second kappa shape index (κ2) is 11.5. The van der Waals surface area contributed by atoms with Crippen molar-refractivity contribution in [2.45, 2.75) is 44.9 Å². The van der Waals surface area contributed by atoms with Crippen molar-refractivity contribution in [3.8, 4) is 5.75 Å². The molecule has 12 nitrogen and oxygen atoms in total. The van der Waals surface area contributed by atoms with Crippen molar-refractivity contribution >= 4 is 30.0 Å². The zero-order valence-corrected chi connectivity index (χ0v) is 22.2. The summed E-state index contributed by atoms with van der Waals surface area (Å²) in [5, 5.41) is 0. The lowest BCUT2D eigenvalue weighted by Crippen LogP contribution is -2.50. The summed E-state index contributed by atoms with van der Waals surface area (Å²) in [4.78, 5) is 67.1. The normalized spacial score (nSPS) is 18.6. The Bertz CT molecular complexity index is 996. The van der Waals surface area contributed by atoms with Gasteiger partial charge in [0.25, 0.3) is 0 Å². The Hall–Kier alpha value is -3.83. The molecule has 0 N–H and O–H groups in total. The van der Waals surface area contributed by atoms with Crippen LogP contribution in [0.3, 0.4) is 0 Å². The average Bonchev–Trinajstić information content (AvgIpc) is 3.23. The lowest BCUT2D eigenvalue weighted by atomic mass is 9.75. The molecule has 12 heteroatoms. The van der Waals surface area contributed by atoms with Gasteiger partial charge in [-0.1, -0.05) is 12.1 Å². The Morgan fingerprint density at radius 1 is 0.838 bits per heavy atom. The zero-order valence-electron chi connectivity index (χ0n) is 22.2. The number of carbonyl (C=O) groups is 5. The van der Waals surface area contributed by atoms with Gasteiger partial charge in [0.15, 0.2) is 11.3 Å². The molecule has 0 unspecified atom stereocenters. The van der Waals surface area contributed by atoms with Gasteiger partial charge in [0.2, 0.25) is 0 Å². The van der Waals surface area contributed by atoms with Crippen LogP contribution in [0.25, 0.3) is 0 Å². The Labute approximate surface area is 215 Å². The van der Waals surface area contributed by atoms with Gasteiger partial charge in [-0.3, -0.25) is 24.1 Å². The molecule has 0 aromatic heterocycles. The van der Waals surface area contributed by atoms with Crippen molar-refractivity contribution in [2.24, 2.45) is 11.3 Å². The molecule has 1 saturated heterocycles. The number of methoxy groups -OCH3 is 5. The Balaban J connectivity index is 2.95. The van der Waals surface area contributed by atoms with E-state index in [1.54, 1.807) is 32.9 Å². The van der Waals surface area contributed by atoms with Gasteiger partial charge in [0.1, 0.15) is 11.4 Å². The van der Waals surface area contributed by atoms with E-state index < -0.39 is 65.4 Å². The van der Waals surface area contributed by atoms with Crippen LogP contribution in [0.1, 0.15) is 38.8 Å². The highest BCUT2D eigenvalue weighted by molar-refractivity contribution is 6.03. The third-order valence-corrected chi connectivity index (χ3v) is 6.06. The number of amides is 1. The van der Waals surface area contributed by atoms with Crippen LogP contribution in [-0.4, -0.2) is 82.1 Å². The van der Waals surface area contributed by atoms with Gasteiger partial charge in [-0.25, -0.2) is 4.79 Å². The molecule has 2 atom stereocenters. The largest absolute Gasteiger partial charge is 0.497 e. The molecule has 0 bridgehead atoms. The predicted molar refractivity (Wildman–Crippen MR) is 126 cm³/mol. The predicted octanol–water partition coefficient (Wildman–Crippen LogP) is 2.04. The van der Waals surface area contributed by atoms with Gasteiger partial charge in [-0.2, -0.15) is 0 Å². The maximum absolute atomic E-state index is 13.7. The van der Waals surface area contributed by atoms with E-state index in [0.29, 0.717) is 11.3 Å². The summed E-state index contributed by atoms with van der Waals surface area (Å²) >= 11 is 0. The topological polar surface area (TPSA) is 144 Å². The average molecular weight is 524 g/mol. The molecule has 0 radical (unpaired) electrons. The minimum Gasteiger partial charge on any atom is -0.497 e. The van der Waals surface area contributed by atoms with Crippen LogP contribution < -0.4 is 4.74 Å². The van der Waals surface area contributed by atoms with Gasteiger partial charge in [0.05, 0.1) is 47.6 Å². The van der Waals surface area contributed by atoms with Gasteiger partial charge >= 0.3 is 30.0 Å². The van der Waals surface area contributed by atoms with Gasteiger partial charge in [0, 0.05) is 0 Å². The van der Waals surface area contributed by atoms with Crippen molar-refractivity contribution in [3.63, 3.8) is 0 Å². The number of benzene rings is 1. The van der Waals surface area contributed by atoms with E-state index in [-0.39, 0.29) is 0 Å². The minimum atomic E-state index is -2.18. The lowest BCUT2D eigenvalue weighted by Gasteiger charge is -2.36. The van der Waals surface area contributed by atoms with Crippen LogP contribution in [0.5, 0.6) is 5.75 Å². The number of ether oxygens (including phenoxy) is 6. The van der Waals surface area contributed by atoms with Crippen molar-refractivity contribution in [3.05, 3.63) is 29.8 Å². The minimum absolute atomic E-state index is 0.290. The van der Waals surface area contributed by atoms with E-state index in [9.17, 15) is 24.0 Å². The van der Waals surface area contributed by atoms with Crippen LogP contribution in [0.15, 0.2) is 24.3 Å². The molecule has 37 heavy (non-hydrogen) atoms. The van der Waals surface area contributed by atoms with Crippen LogP contribution in [-0.2, 0) is 42.9 Å². The molecule has 1 aromatic carbocycles. The zero-order chi connectivity index (χ0) is 28.1. The summed E-state index contributed by atoms with van der Waals surface area (Å²) in [5.74, 6) is -5.41. The summed E-state index contributed by atoms with van der Waals surface area (Å²) in [7, 11) is 5.71. The van der Waals surface area contributed by atoms with Crippen LogP contribution in [0, 0.1) is 11.3 Å². The highest BCUT2D eigenvalue weighted by Gasteiger charge is 2.68. The van der Waals surface area contributed by atoms with Gasteiger partial charge in [-0.15, -0.1) is 0 Å². The number of rotatable bonds is 7. The number of nitrogens with zero attached hydrogens (tertiary/aromatic N) is 1. The first-order valence-electron chi connectivity index (χ1n) is 11.3. The molecule has 2 rings (SSSR count). The summed E-state index contributed by atoms with van der Waals surface area (Å²) in [6.45, 7) is 4.85. The highest BCUT2D eigenvalue weighted by Crippen LogP contribution is 2.54. The van der Waals surface area contributed by atoms with Gasteiger partial charge < -0.3 is 28.4 Å². The molecule has 0 aliphatic carbocycles. The number of carbonyl (C=O) groups excluding carboxylic acids is 5. The fourth-order valence-electron chi connectivity index (χ4n) is 4.54. The highest BCUT2D eigenvalue weighted by atomic mass is 16.6. The van der Waals surface area contributed by atoms with E-state index in [1.807, 2.05) is 0 Å². The van der Waals surface area contributed by atoms with Crippen molar-refractivity contribution < 1.29 is 52.4 Å². The smallest absolute Gasteiger partial charge is 0.411 e. The first-order chi connectivity index (χ1) is 17.3. The summed E-state index contributed by atoms with van der Waals surface area (Å²) in [6, 6.07) is 3.38. The van der Waals surface area contributed by atoms with E-state index in [4.69, 9.17) is 28.4 Å². The number of hydrogen-bond donors (Lipinski definition) is 0. The molecule has 0 spiro atoms. The SMILES string of the molecule is COC(=O)C(C(=O)OC)[C@H]1CC(C(=O)OC)(C(=O)OC)[C@@H](c2ccc(OC)cc2)N1C(=O)OC(C)(C)C. The molecule has 1 fully saturated rings. The maximum atomic E-state index is 13.7. The third-order valence-electron chi connectivity index (χ3n) is 6.06. The molecular weight excluding hydrogens is 490 g/mol. The Morgan fingerprint density at radius 2 is 1.32 bits per heavy atom. The van der Waals surface area contributed by atoms with E-state index in [1.165, 1.54) is 19.2 Å². The van der Waals surface area contributed by atoms with E-state index in [0.717, 1.165) is 33.3 Å². The molecular formula is C25H33NO11. The van der Waals surface area contributed by atoms with E-state index in [2.05, 4.69) is 0 Å². The first-order valence-corrected chi connectivity index (χ1v) is 11.3. The molecule has 0 saturated carbocycles. The fraction of sp³-hybridized carbons (Fsp3) is 0.560. The molecule has 1 aliphatic rings. The second-order valence-corrected chi connectivity index (χ2v) is 9.31. The summed E-state index contributed by atoms with van der Waals surface area (Å²) in [5.41, 5.74) is -2.90. The van der Waals surface area contributed by atoms with Crippen LogP contribution in [0.4, 0.5) is 4.79 Å². The summed E-state index contributed by atoms with van der Waals surface area (Å²) in [6.07, 6.45) is -1.53. The van der Waals surface area contributed by atoms with Crippen molar-refractivity contribution in [1.82, 2.24) is 4.90 Å². The molecule has 204 valence electrons. The molecule has 1 aliphatic heterocycles. The maximum Gasteiger partial charge on any atom is 0.411 e. The molecule has 1 heterocycles. The monoisotopic (exact) mass is 523 g/mol. The van der Waals surface area contributed by atoms with Crippen LogP contribution in [0.2, 0.25) is 0 Å². The third kappa shape index (κ3) is 5.62. The van der Waals surface area contributed by atoms with Crippen LogP contribution >= 0.6 is 0 Å². The quantitative estimate of drug-likeness (QED) is 0.294. The molecule has 1 aromatic rings. The fourth-order valence-corrected chi connectivity index (χ4v) is 4.54. The Morgan fingerprint density at radius 3 is 1.70 bits per heavy atom. The first kappa shape index (κ1) is 29.4. The van der Waals surface area contributed by atoms with Crippen molar-refractivity contribution in [1.29, 1.82) is 0 Å². The summed E-state index contributed by atoms with van der Waals surface area (Å²) < 4.78 is 30.5. The number of esters is 4. The number of likely N-dealkylation sites (tertiary alicyclic amines) is 1. The van der Waals surface area contributed by atoms with Crippen molar-refractivity contribution in [2.75, 3.05) is 35.5 Å². The Kier molecular flexibility index (Phi) is 9.13. The number of hydrogen-bond acceptors (Lipinski definition) is 11. The standard InChI is InChI=1S/C25H33NO11/c1-24(2,3)37-23(31)26-16(17(19(27)33-5)20(28)34-6)13-25(21(29)35-7,22(30)36-8)18(26)14-9-11-15(32-4)12-10-14/h9-12,16-18H,13H2,1-8H3/t16-,18-/m1/s1. The lowest BCUT2D eigenvalue weighted by molar-refractivity contribution is -0.171.